The van der Waals surface area contributed by atoms with Gasteiger partial charge in [-0.05, 0) is 30.9 Å². The van der Waals surface area contributed by atoms with Crippen molar-refractivity contribution in [3.8, 4) is 5.75 Å². The van der Waals surface area contributed by atoms with Gasteiger partial charge in [-0.25, -0.2) is 4.79 Å². The van der Waals surface area contributed by atoms with Crippen molar-refractivity contribution in [2.24, 2.45) is 5.92 Å². The van der Waals surface area contributed by atoms with Crippen LogP contribution in [0.4, 0.5) is 4.79 Å². The third-order valence-electron chi connectivity index (χ3n) is 5.24. The molecule has 1 saturated carbocycles. The van der Waals surface area contributed by atoms with Crippen LogP contribution in [-0.4, -0.2) is 48.0 Å². The molecule has 26 heavy (non-hydrogen) atoms. The Hall–Kier alpha value is -2.57. The Kier molecular flexibility index (Phi) is 5.44. The van der Waals surface area contributed by atoms with E-state index in [1.807, 2.05) is 37.3 Å². The molecular weight excluding hydrogens is 334 g/mol. The molecule has 1 spiro atoms. The number of urea groups is 1. The fourth-order valence-electron chi connectivity index (χ4n) is 3.71. The van der Waals surface area contributed by atoms with Crippen LogP contribution in [0.15, 0.2) is 30.3 Å². The van der Waals surface area contributed by atoms with Gasteiger partial charge >= 0.3 is 6.03 Å². The Morgan fingerprint density at radius 2 is 2.08 bits per heavy atom. The molecule has 4 amide bonds. The second kappa shape index (κ2) is 7.76. The van der Waals surface area contributed by atoms with Crippen LogP contribution in [0.3, 0.4) is 0 Å². The van der Waals surface area contributed by atoms with Gasteiger partial charge in [0.1, 0.15) is 24.4 Å². The van der Waals surface area contributed by atoms with Gasteiger partial charge in [0, 0.05) is 0 Å². The summed E-state index contributed by atoms with van der Waals surface area (Å²) >= 11 is 0. The summed E-state index contributed by atoms with van der Waals surface area (Å²) in [5.41, 5.74) is -0.827. The molecule has 1 saturated heterocycles. The summed E-state index contributed by atoms with van der Waals surface area (Å²) in [6, 6.07) is 8.83. The van der Waals surface area contributed by atoms with Crippen molar-refractivity contribution >= 4 is 17.8 Å². The van der Waals surface area contributed by atoms with Gasteiger partial charge in [-0.1, -0.05) is 38.0 Å². The van der Waals surface area contributed by atoms with Crippen LogP contribution in [0, 0.1) is 5.92 Å². The number of amides is 4. The van der Waals surface area contributed by atoms with Crippen LogP contribution in [-0.2, 0) is 9.59 Å². The predicted molar refractivity (Wildman–Crippen MR) is 95.6 cm³/mol. The molecule has 0 aromatic heterocycles. The van der Waals surface area contributed by atoms with Gasteiger partial charge in [-0.15, -0.1) is 0 Å². The van der Waals surface area contributed by atoms with E-state index in [1.165, 1.54) is 0 Å². The maximum atomic E-state index is 12.8. The van der Waals surface area contributed by atoms with Crippen molar-refractivity contribution in [2.75, 3.05) is 19.7 Å². The zero-order valence-electron chi connectivity index (χ0n) is 15.0. The zero-order chi connectivity index (χ0) is 18.6. The number of carbonyl (C=O) groups is 3. The van der Waals surface area contributed by atoms with Crippen molar-refractivity contribution in [3.05, 3.63) is 30.3 Å². The summed E-state index contributed by atoms with van der Waals surface area (Å²) in [5.74, 6) is 0.167. The zero-order valence-corrected chi connectivity index (χ0v) is 15.0. The Balaban J connectivity index is 1.48. The lowest BCUT2D eigenvalue weighted by Crippen LogP contribution is -2.54. The normalized spacial score (nSPS) is 25.3. The summed E-state index contributed by atoms with van der Waals surface area (Å²) in [4.78, 5) is 38.2. The number of benzene rings is 1. The summed E-state index contributed by atoms with van der Waals surface area (Å²) in [5, 5.41) is 5.53. The molecule has 140 valence electrons. The number of nitrogens with zero attached hydrogens (tertiary/aromatic N) is 1. The largest absolute Gasteiger partial charge is 0.492 e. The Bertz CT molecular complexity index is 679. The van der Waals surface area contributed by atoms with Crippen molar-refractivity contribution in [3.63, 3.8) is 0 Å². The Morgan fingerprint density at radius 3 is 2.81 bits per heavy atom. The maximum Gasteiger partial charge on any atom is 0.325 e. The van der Waals surface area contributed by atoms with Gasteiger partial charge in [-0.3, -0.25) is 14.5 Å². The molecule has 0 unspecified atom stereocenters. The van der Waals surface area contributed by atoms with Gasteiger partial charge in [-0.2, -0.15) is 0 Å². The monoisotopic (exact) mass is 359 g/mol. The summed E-state index contributed by atoms with van der Waals surface area (Å²) in [6.07, 6.45) is 3.52. The van der Waals surface area contributed by atoms with E-state index >= 15 is 0 Å². The molecule has 1 heterocycles. The minimum absolute atomic E-state index is 0.0834. The van der Waals surface area contributed by atoms with E-state index in [0.717, 1.165) is 29.9 Å². The second-order valence-corrected chi connectivity index (χ2v) is 6.95. The van der Waals surface area contributed by atoms with Crippen LogP contribution >= 0.6 is 0 Å². The molecule has 2 atom stereocenters. The van der Waals surface area contributed by atoms with E-state index in [1.54, 1.807) is 0 Å². The first-order chi connectivity index (χ1) is 12.5. The van der Waals surface area contributed by atoms with Gasteiger partial charge < -0.3 is 15.4 Å². The molecule has 2 fully saturated rings. The van der Waals surface area contributed by atoms with Crippen LogP contribution in [0.2, 0.25) is 0 Å². The Morgan fingerprint density at radius 1 is 1.31 bits per heavy atom. The molecule has 0 radical (unpaired) electrons. The molecule has 0 bridgehead atoms. The van der Waals surface area contributed by atoms with Gasteiger partial charge in [0.2, 0.25) is 5.91 Å². The van der Waals surface area contributed by atoms with Gasteiger partial charge in [0.05, 0.1) is 6.54 Å². The Labute approximate surface area is 153 Å². The molecule has 1 aliphatic heterocycles. The summed E-state index contributed by atoms with van der Waals surface area (Å²) in [6.45, 7) is 2.35. The van der Waals surface area contributed by atoms with Crippen LogP contribution in [0.1, 0.15) is 32.6 Å². The molecule has 2 N–H and O–H groups in total. The van der Waals surface area contributed by atoms with Crippen molar-refractivity contribution in [1.29, 1.82) is 0 Å². The van der Waals surface area contributed by atoms with Gasteiger partial charge in [0.25, 0.3) is 5.91 Å². The highest BCUT2D eigenvalue weighted by Gasteiger charge is 2.55. The second-order valence-electron chi connectivity index (χ2n) is 6.95. The fourth-order valence-corrected chi connectivity index (χ4v) is 3.71. The first-order valence-corrected chi connectivity index (χ1v) is 9.11. The quantitative estimate of drug-likeness (QED) is 0.598. The van der Waals surface area contributed by atoms with E-state index in [-0.39, 0.29) is 24.3 Å². The maximum absolute atomic E-state index is 12.8. The number of carbonyl (C=O) groups excluding carboxylic acids is 3. The standard InChI is InChI=1S/C19H25N3O4/c1-14-7-5-6-10-19(14)17(24)22(18(25)21-19)13-16(23)20-11-12-26-15-8-3-2-4-9-15/h2-4,8-9,14H,5-7,10-13H2,1H3,(H,20,23)(H,21,25)/t14-,19-/m0/s1. The molecule has 7 heteroatoms. The molecule has 3 rings (SSSR count). The van der Waals surface area contributed by atoms with Crippen LogP contribution in [0.25, 0.3) is 0 Å². The van der Waals surface area contributed by atoms with Crippen molar-refractivity contribution < 1.29 is 19.1 Å². The van der Waals surface area contributed by atoms with Crippen molar-refractivity contribution in [1.82, 2.24) is 15.5 Å². The first kappa shape index (κ1) is 18.2. The lowest BCUT2D eigenvalue weighted by atomic mass is 9.73. The average Bonchev–Trinajstić information content (AvgIpc) is 2.87. The number of hydrogen-bond acceptors (Lipinski definition) is 4. The molecule has 2 aliphatic rings. The van der Waals surface area contributed by atoms with E-state index in [9.17, 15) is 14.4 Å². The third kappa shape index (κ3) is 3.66. The molecule has 7 nitrogen and oxygen atoms in total. The summed E-state index contributed by atoms with van der Waals surface area (Å²) in [7, 11) is 0. The lowest BCUT2D eigenvalue weighted by molar-refractivity contribution is -0.137. The average molecular weight is 359 g/mol. The molecular formula is C19H25N3O4. The summed E-state index contributed by atoms with van der Waals surface area (Å²) < 4.78 is 5.50. The first-order valence-electron chi connectivity index (χ1n) is 9.11. The number of rotatable bonds is 6. The molecule has 1 aromatic rings. The van der Waals surface area contributed by atoms with E-state index in [2.05, 4.69) is 10.6 Å². The van der Waals surface area contributed by atoms with E-state index in [4.69, 9.17) is 4.74 Å². The predicted octanol–water partition coefficient (Wildman–Crippen LogP) is 1.68. The van der Waals surface area contributed by atoms with Crippen LogP contribution in [0.5, 0.6) is 5.75 Å². The lowest BCUT2D eigenvalue weighted by Gasteiger charge is -2.36. The highest BCUT2D eigenvalue weighted by atomic mass is 16.5. The molecule has 1 aromatic carbocycles. The fraction of sp³-hybridized carbons (Fsp3) is 0.526. The SMILES string of the molecule is C[C@H]1CCCC[C@]12NC(=O)N(CC(=O)NCCOc1ccccc1)C2=O. The molecule has 1 aliphatic carbocycles. The van der Waals surface area contributed by atoms with Crippen molar-refractivity contribution in [2.45, 2.75) is 38.1 Å². The number of ether oxygens (including phenoxy) is 1. The van der Waals surface area contributed by atoms with E-state index < -0.39 is 11.6 Å². The minimum Gasteiger partial charge on any atom is -0.492 e. The number of nitrogens with one attached hydrogen (secondary N) is 2. The topological polar surface area (TPSA) is 87.7 Å². The van der Waals surface area contributed by atoms with Crippen LogP contribution < -0.4 is 15.4 Å². The number of imide groups is 1. The number of hydrogen-bond donors (Lipinski definition) is 2. The highest BCUT2D eigenvalue weighted by Crippen LogP contribution is 2.38. The number of para-hydroxylation sites is 1. The highest BCUT2D eigenvalue weighted by molar-refractivity contribution is 6.09. The van der Waals surface area contributed by atoms with E-state index in [0.29, 0.717) is 19.6 Å². The minimum atomic E-state index is -0.827. The third-order valence-corrected chi connectivity index (χ3v) is 5.24. The van der Waals surface area contributed by atoms with Gasteiger partial charge in [0.15, 0.2) is 0 Å². The smallest absolute Gasteiger partial charge is 0.325 e.